The van der Waals surface area contributed by atoms with E-state index in [9.17, 15) is 9.59 Å². The number of fused-ring (bicyclic) bond motifs is 3. The quantitative estimate of drug-likeness (QED) is 0.546. The third kappa shape index (κ3) is 3.95. The molecule has 1 spiro atoms. The number of thioether (sulfide) groups is 3. The molecule has 0 unspecified atom stereocenters. The second-order valence-electron chi connectivity index (χ2n) is 7.79. The Labute approximate surface area is 200 Å². The number of methoxy groups -OCH3 is 1. The van der Waals surface area contributed by atoms with Crippen LogP contribution in [0, 0.1) is 0 Å². The zero-order valence-corrected chi connectivity index (χ0v) is 21.0. The summed E-state index contributed by atoms with van der Waals surface area (Å²) in [5.74, 6) is 0.0258. The molecule has 1 aromatic carbocycles. The van der Waals surface area contributed by atoms with Crippen molar-refractivity contribution in [1.29, 1.82) is 0 Å². The lowest BCUT2D eigenvalue weighted by Gasteiger charge is -2.44. The first kappa shape index (κ1) is 23.2. The van der Waals surface area contributed by atoms with E-state index in [0.717, 1.165) is 27.5 Å². The van der Waals surface area contributed by atoms with Crippen molar-refractivity contribution in [3.05, 3.63) is 50.0 Å². The number of rotatable bonds is 5. The molecule has 0 aromatic heterocycles. The van der Waals surface area contributed by atoms with Crippen molar-refractivity contribution in [3.8, 4) is 5.75 Å². The molecule has 3 aliphatic heterocycles. The Bertz CT molecular complexity index is 1080. The number of benzene rings is 1. The van der Waals surface area contributed by atoms with Crippen molar-refractivity contribution < 1.29 is 23.8 Å². The molecule has 1 N–H and O–H groups in total. The van der Waals surface area contributed by atoms with Crippen LogP contribution in [-0.2, 0) is 19.1 Å². The first-order chi connectivity index (χ1) is 15.2. The molecule has 1 aromatic rings. The Morgan fingerprint density at radius 2 is 1.75 bits per heavy atom. The first-order valence-corrected chi connectivity index (χ1v) is 12.8. The van der Waals surface area contributed by atoms with Gasteiger partial charge in [-0.05, 0) is 57.4 Å². The van der Waals surface area contributed by atoms with Crippen LogP contribution in [0.4, 0.5) is 5.69 Å². The van der Waals surface area contributed by atoms with Gasteiger partial charge in [0.25, 0.3) is 0 Å². The van der Waals surface area contributed by atoms with E-state index < -0.39 is 9.62 Å². The zero-order chi connectivity index (χ0) is 23.1. The third-order valence-electron chi connectivity index (χ3n) is 5.18. The average molecular weight is 492 g/mol. The van der Waals surface area contributed by atoms with Gasteiger partial charge in [0.15, 0.2) is 0 Å². The second-order valence-corrected chi connectivity index (χ2v) is 11.5. The molecule has 0 saturated heterocycles. The van der Waals surface area contributed by atoms with Crippen molar-refractivity contribution in [2.45, 2.75) is 37.3 Å². The number of anilines is 1. The summed E-state index contributed by atoms with van der Waals surface area (Å²) < 4.78 is 15.4. The van der Waals surface area contributed by atoms with Crippen LogP contribution < -0.4 is 10.1 Å². The maximum atomic E-state index is 12.8. The monoisotopic (exact) mass is 491 g/mol. The molecule has 1 atom stereocenters. The van der Waals surface area contributed by atoms with Crippen LogP contribution >= 0.6 is 35.3 Å². The van der Waals surface area contributed by atoms with E-state index in [2.05, 4.69) is 19.2 Å². The average Bonchev–Trinajstić information content (AvgIpc) is 3.17. The lowest BCUT2D eigenvalue weighted by Crippen LogP contribution is -2.40. The Kier molecular flexibility index (Phi) is 6.35. The van der Waals surface area contributed by atoms with Crippen LogP contribution in [0.15, 0.2) is 44.4 Å². The van der Waals surface area contributed by atoms with E-state index in [0.29, 0.717) is 23.0 Å². The molecule has 0 saturated carbocycles. The minimum absolute atomic E-state index is 0.296. The minimum Gasteiger partial charge on any atom is -0.497 e. The van der Waals surface area contributed by atoms with E-state index in [1.807, 2.05) is 29.7 Å². The van der Waals surface area contributed by atoms with E-state index in [1.54, 1.807) is 21.0 Å². The van der Waals surface area contributed by atoms with Crippen molar-refractivity contribution in [2.24, 2.45) is 0 Å². The Morgan fingerprint density at radius 3 is 2.41 bits per heavy atom. The number of hydrogen-bond acceptors (Lipinski definition) is 9. The maximum Gasteiger partial charge on any atom is 0.345 e. The van der Waals surface area contributed by atoms with E-state index in [1.165, 1.54) is 35.3 Å². The number of carbonyl (C=O) groups excluding carboxylic acids is 2. The molecule has 0 bridgehead atoms. The highest BCUT2D eigenvalue weighted by atomic mass is 32.2. The van der Waals surface area contributed by atoms with Gasteiger partial charge < -0.3 is 19.5 Å². The molecule has 4 rings (SSSR count). The fourth-order valence-electron chi connectivity index (χ4n) is 3.82. The second kappa shape index (κ2) is 8.76. The molecule has 3 heterocycles. The topological polar surface area (TPSA) is 73.9 Å². The fourth-order valence-corrected chi connectivity index (χ4v) is 8.18. The standard InChI is InChI=1S/C23H25NO5S3/c1-6-28-20(25)16-11-23(30-12-17(32-23)21(26)29-7-2)18-14-10-13(27-5)8-9-15(14)24-22(3,4)19(18)31-16/h8-12,24H,6-7H2,1-5H3/t23-/m0/s1. The van der Waals surface area contributed by atoms with Gasteiger partial charge in [-0.1, -0.05) is 23.5 Å². The van der Waals surface area contributed by atoms with Crippen LogP contribution in [0.25, 0.3) is 5.57 Å². The normalized spacial score (nSPS) is 22.9. The summed E-state index contributed by atoms with van der Waals surface area (Å²) in [5.41, 5.74) is 2.59. The minimum atomic E-state index is -0.703. The van der Waals surface area contributed by atoms with Crippen LogP contribution in [0.2, 0.25) is 0 Å². The molecule has 0 radical (unpaired) electrons. The van der Waals surface area contributed by atoms with Crippen molar-refractivity contribution in [1.82, 2.24) is 0 Å². The van der Waals surface area contributed by atoms with Crippen LogP contribution in [0.3, 0.4) is 0 Å². The fraction of sp³-hybridized carbons (Fsp3) is 0.391. The maximum absolute atomic E-state index is 12.8. The molecule has 32 heavy (non-hydrogen) atoms. The molecule has 0 amide bonds. The molecule has 0 fully saturated rings. The van der Waals surface area contributed by atoms with Gasteiger partial charge in [-0.3, -0.25) is 0 Å². The lowest BCUT2D eigenvalue weighted by atomic mass is 9.87. The van der Waals surface area contributed by atoms with E-state index in [-0.39, 0.29) is 11.9 Å². The summed E-state index contributed by atoms with van der Waals surface area (Å²) in [7, 11) is 1.64. The first-order valence-electron chi connectivity index (χ1n) is 10.3. The Balaban J connectivity index is 1.89. The smallest absolute Gasteiger partial charge is 0.345 e. The molecular formula is C23H25NO5S3. The number of hydrogen-bond donors (Lipinski definition) is 1. The van der Waals surface area contributed by atoms with Gasteiger partial charge in [-0.2, -0.15) is 0 Å². The molecule has 9 heteroatoms. The lowest BCUT2D eigenvalue weighted by molar-refractivity contribution is -0.138. The van der Waals surface area contributed by atoms with Gasteiger partial charge >= 0.3 is 11.9 Å². The van der Waals surface area contributed by atoms with Gasteiger partial charge in [-0.25, -0.2) is 9.59 Å². The highest BCUT2D eigenvalue weighted by Gasteiger charge is 2.51. The van der Waals surface area contributed by atoms with Gasteiger partial charge in [-0.15, -0.1) is 11.8 Å². The van der Waals surface area contributed by atoms with E-state index in [4.69, 9.17) is 14.2 Å². The Hall–Kier alpha value is -1.97. The highest BCUT2D eigenvalue weighted by Crippen LogP contribution is 2.65. The van der Waals surface area contributed by atoms with Gasteiger partial charge in [0.05, 0.1) is 30.8 Å². The summed E-state index contributed by atoms with van der Waals surface area (Å²) in [4.78, 5) is 27.4. The summed E-state index contributed by atoms with van der Waals surface area (Å²) in [6, 6.07) is 5.93. The zero-order valence-electron chi connectivity index (χ0n) is 18.6. The molecular weight excluding hydrogens is 466 g/mol. The number of carbonyl (C=O) groups is 2. The summed E-state index contributed by atoms with van der Waals surface area (Å²) in [6.45, 7) is 8.36. The van der Waals surface area contributed by atoms with Crippen molar-refractivity contribution in [2.75, 3.05) is 25.6 Å². The molecule has 0 aliphatic carbocycles. The number of nitrogens with one attached hydrogen (secondary N) is 1. The van der Waals surface area contributed by atoms with Crippen molar-refractivity contribution >= 4 is 58.5 Å². The number of ether oxygens (including phenoxy) is 3. The summed E-state index contributed by atoms with van der Waals surface area (Å²) in [5, 5.41) is 5.43. The Morgan fingerprint density at radius 1 is 1.06 bits per heavy atom. The summed E-state index contributed by atoms with van der Waals surface area (Å²) >= 11 is 4.34. The highest BCUT2D eigenvalue weighted by molar-refractivity contribution is 8.25. The van der Waals surface area contributed by atoms with Crippen molar-refractivity contribution in [3.63, 3.8) is 0 Å². The summed E-state index contributed by atoms with van der Waals surface area (Å²) in [6.07, 6.45) is 1.93. The SMILES string of the molecule is CCOC(=O)C1=C[C@@]2(SC=C(C(=O)OCC)S2)C2=C(S1)C(C)(C)Nc1ccc(OC)cc12. The molecule has 3 aliphatic rings. The number of esters is 2. The van der Waals surface area contributed by atoms with Gasteiger partial charge in [0.1, 0.15) is 14.7 Å². The largest absolute Gasteiger partial charge is 0.497 e. The predicted molar refractivity (Wildman–Crippen MR) is 133 cm³/mol. The van der Waals surface area contributed by atoms with Crippen LogP contribution in [-0.4, -0.2) is 41.9 Å². The molecule has 170 valence electrons. The van der Waals surface area contributed by atoms with Crippen LogP contribution in [0.1, 0.15) is 33.3 Å². The molecule has 6 nitrogen and oxygen atoms in total. The van der Waals surface area contributed by atoms with Gasteiger partial charge in [0.2, 0.25) is 0 Å². The third-order valence-corrected chi connectivity index (χ3v) is 9.44. The van der Waals surface area contributed by atoms with E-state index >= 15 is 0 Å². The predicted octanol–water partition coefficient (Wildman–Crippen LogP) is 5.39. The van der Waals surface area contributed by atoms with Gasteiger partial charge in [0, 0.05) is 21.7 Å². The van der Waals surface area contributed by atoms with Crippen LogP contribution in [0.5, 0.6) is 5.75 Å².